The zero-order chi connectivity index (χ0) is 18.7. The molecule has 26 heavy (non-hydrogen) atoms. The molecule has 1 aliphatic heterocycles. The molecule has 1 saturated heterocycles. The molecule has 8 heteroatoms. The molecular formula is C18H22N4O3S. The molecule has 1 aromatic carbocycles. The molecule has 1 aliphatic rings. The van der Waals surface area contributed by atoms with Crippen molar-refractivity contribution in [1.82, 2.24) is 9.88 Å². The lowest BCUT2D eigenvalue weighted by Crippen LogP contribution is -2.36. The molecule has 0 atom stereocenters. The number of sulfone groups is 1. The number of hydrogen-bond acceptors (Lipinski definition) is 6. The lowest BCUT2D eigenvalue weighted by atomic mass is 10.1. The molecular weight excluding hydrogens is 352 g/mol. The summed E-state index contributed by atoms with van der Waals surface area (Å²) in [5, 5.41) is 3.28. The number of carbonyl (C=O) groups is 1. The van der Waals surface area contributed by atoms with Gasteiger partial charge >= 0.3 is 0 Å². The number of hydrogen-bond donors (Lipinski definition) is 2. The van der Waals surface area contributed by atoms with Gasteiger partial charge in [0.05, 0.1) is 22.3 Å². The SMILES string of the molecule is CN1CCC(Nc2ccc(S(=O)(=O)c3ccccc3C(N)=O)nc2)CC1. The van der Waals surface area contributed by atoms with E-state index in [0.717, 1.165) is 31.6 Å². The maximum Gasteiger partial charge on any atom is 0.250 e. The predicted molar refractivity (Wildman–Crippen MR) is 98.8 cm³/mol. The van der Waals surface area contributed by atoms with Crippen molar-refractivity contribution in [1.29, 1.82) is 0 Å². The Morgan fingerprint density at radius 2 is 1.88 bits per heavy atom. The van der Waals surface area contributed by atoms with E-state index in [1.165, 1.54) is 24.4 Å². The Kier molecular flexibility index (Phi) is 5.24. The maximum absolute atomic E-state index is 12.8. The summed E-state index contributed by atoms with van der Waals surface area (Å²) in [6.45, 7) is 2.06. The lowest BCUT2D eigenvalue weighted by molar-refractivity contribution is 0.0997. The minimum atomic E-state index is -3.92. The molecule has 1 amide bonds. The van der Waals surface area contributed by atoms with Gasteiger partial charge in [0.25, 0.3) is 0 Å². The monoisotopic (exact) mass is 374 g/mol. The fraction of sp³-hybridized carbons (Fsp3) is 0.333. The summed E-state index contributed by atoms with van der Waals surface area (Å²) >= 11 is 0. The topological polar surface area (TPSA) is 105 Å². The molecule has 0 saturated carbocycles. The number of nitrogens with one attached hydrogen (secondary N) is 1. The van der Waals surface area contributed by atoms with Gasteiger partial charge in [-0.05, 0) is 57.2 Å². The van der Waals surface area contributed by atoms with E-state index in [0.29, 0.717) is 6.04 Å². The van der Waals surface area contributed by atoms with Gasteiger partial charge in [-0.1, -0.05) is 12.1 Å². The van der Waals surface area contributed by atoms with Crippen molar-refractivity contribution in [3.8, 4) is 0 Å². The van der Waals surface area contributed by atoms with Gasteiger partial charge in [0, 0.05) is 6.04 Å². The Morgan fingerprint density at radius 3 is 2.50 bits per heavy atom. The summed E-state index contributed by atoms with van der Waals surface area (Å²) in [4.78, 5) is 17.8. The van der Waals surface area contributed by atoms with Gasteiger partial charge in [0.2, 0.25) is 15.7 Å². The van der Waals surface area contributed by atoms with Crippen LogP contribution in [0.2, 0.25) is 0 Å². The van der Waals surface area contributed by atoms with Crippen LogP contribution < -0.4 is 11.1 Å². The van der Waals surface area contributed by atoms with E-state index >= 15 is 0 Å². The highest BCUT2D eigenvalue weighted by atomic mass is 32.2. The van der Waals surface area contributed by atoms with Crippen LogP contribution in [0.15, 0.2) is 52.5 Å². The van der Waals surface area contributed by atoms with Crippen LogP contribution in [0.4, 0.5) is 5.69 Å². The van der Waals surface area contributed by atoms with Crippen LogP contribution in [-0.2, 0) is 9.84 Å². The zero-order valence-electron chi connectivity index (χ0n) is 14.6. The first kappa shape index (κ1) is 18.3. The van der Waals surface area contributed by atoms with Crippen molar-refractivity contribution in [3.63, 3.8) is 0 Å². The zero-order valence-corrected chi connectivity index (χ0v) is 15.4. The first-order valence-corrected chi connectivity index (χ1v) is 9.91. The molecule has 1 aromatic heterocycles. The summed E-state index contributed by atoms with van der Waals surface area (Å²) in [5.41, 5.74) is 6.03. The number of carbonyl (C=O) groups excluding carboxylic acids is 1. The van der Waals surface area contributed by atoms with E-state index < -0.39 is 15.7 Å². The van der Waals surface area contributed by atoms with Crippen molar-refractivity contribution in [3.05, 3.63) is 48.2 Å². The average molecular weight is 374 g/mol. The van der Waals surface area contributed by atoms with Crippen molar-refractivity contribution < 1.29 is 13.2 Å². The maximum atomic E-state index is 12.8. The van der Waals surface area contributed by atoms with Gasteiger partial charge < -0.3 is 16.0 Å². The number of nitrogens with two attached hydrogens (primary N) is 1. The van der Waals surface area contributed by atoms with E-state index in [2.05, 4.69) is 22.2 Å². The number of likely N-dealkylation sites (tertiary alicyclic amines) is 1. The minimum Gasteiger partial charge on any atom is -0.381 e. The van der Waals surface area contributed by atoms with Crippen LogP contribution in [0.3, 0.4) is 0 Å². The van der Waals surface area contributed by atoms with Gasteiger partial charge in [-0.2, -0.15) is 0 Å². The smallest absolute Gasteiger partial charge is 0.250 e. The number of primary amides is 1. The fourth-order valence-electron chi connectivity index (χ4n) is 3.03. The van der Waals surface area contributed by atoms with Crippen LogP contribution in [0.1, 0.15) is 23.2 Å². The summed E-state index contributed by atoms with van der Waals surface area (Å²) in [5.74, 6) is -0.787. The summed E-state index contributed by atoms with van der Waals surface area (Å²) in [7, 11) is -1.82. The Morgan fingerprint density at radius 1 is 1.19 bits per heavy atom. The van der Waals surface area contributed by atoms with Gasteiger partial charge in [-0.25, -0.2) is 13.4 Å². The van der Waals surface area contributed by atoms with Crippen LogP contribution in [0.5, 0.6) is 0 Å². The van der Waals surface area contributed by atoms with E-state index in [9.17, 15) is 13.2 Å². The summed E-state index contributed by atoms with van der Waals surface area (Å²) in [6, 6.07) is 9.38. The highest BCUT2D eigenvalue weighted by Crippen LogP contribution is 2.24. The lowest BCUT2D eigenvalue weighted by Gasteiger charge is -2.30. The third kappa shape index (κ3) is 3.86. The van der Waals surface area contributed by atoms with Crippen LogP contribution in [-0.4, -0.2) is 50.4 Å². The van der Waals surface area contributed by atoms with E-state index in [1.54, 1.807) is 18.2 Å². The number of benzene rings is 1. The average Bonchev–Trinajstić information content (AvgIpc) is 2.64. The Labute approximate surface area is 153 Å². The van der Waals surface area contributed by atoms with E-state index in [1.807, 2.05) is 0 Å². The summed E-state index contributed by atoms with van der Waals surface area (Å²) < 4.78 is 25.6. The number of aromatic nitrogens is 1. The Hall–Kier alpha value is -2.45. The van der Waals surface area contributed by atoms with Gasteiger partial charge in [-0.15, -0.1) is 0 Å². The molecule has 0 unspecified atom stereocenters. The highest BCUT2D eigenvalue weighted by Gasteiger charge is 2.24. The number of pyridine rings is 1. The molecule has 2 aromatic rings. The quantitative estimate of drug-likeness (QED) is 0.822. The third-order valence-corrected chi connectivity index (χ3v) is 6.27. The molecule has 0 bridgehead atoms. The number of nitrogens with zero attached hydrogens (tertiary/aromatic N) is 2. The van der Waals surface area contributed by atoms with Gasteiger partial charge in [0.1, 0.15) is 0 Å². The predicted octanol–water partition coefficient (Wildman–Crippen LogP) is 1.52. The molecule has 3 N–H and O–H groups in total. The molecule has 1 fully saturated rings. The molecule has 0 spiro atoms. The summed E-state index contributed by atoms with van der Waals surface area (Å²) in [6.07, 6.45) is 3.57. The van der Waals surface area contributed by atoms with Crippen molar-refractivity contribution in [2.24, 2.45) is 5.73 Å². The van der Waals surface area contributed by atoms with Crippen LogP contribution in [0, 0.1) is 0 Å². The molecule has 2 heterocycles. The van der Waals surface area contributed by atoms with E-state index in [-0.39, 0.29) is 15.5 Å². The Bertz CT molecular complexity index is 889. The van der Waals surface area contributed by atoms with Crippen LogP contribution in [0.25, 0.3) is 0 Å². The second-order valence-electron chi connectivity index (χ2n) is 6.47. The third-order valence-electron chi connectivity index (χ3n) is 4.54. The molecule has 0 radical (unpaired) electrons. The minimum absolute atomic E-state index is 0.0390. The van der Waals surface area contributed by atoms with Gasteiger partial charge in [0.15, 0.2) is 5.03 Å². The number of piperidine rings is 1. The molecule has 7 nitrogen and oxygen atoms in total. The van der Waals surface area contributed by atoms with Gasteiger partial charge in [-0.3, -0.25) is 4.79 Å². The second-order valence-corrected chi connectivity index (χ2v) is 8.34. The largest absolute Gasteiger partial charge is 0.381 e. The second kappa shape index (κ2) is 7.43. The molecule has 3 rings (SSSR count). The fourth-order valence-corrected chi connectivity index (χ4v) is 4.41. The van der Waals surface area contributed by atoms with Crippen molar-refractivity contribution in [2.45, 2.75) is 28.8 Å². The number of anilines is 1. The molecule has 138 valence electrons. The molecule has 0 aliphatic carbocycles. The first-order chi connectivity index (χ1) is 12.4. The number of rotatable bonds is 5. The number of amides is 1. The standard InChI is InChI=1S/C18H22N4O3S/c1-22-10-8-13(9-11-22)21-14-6-7-17(20-12-14)26(24,25)16-5-3-2-4-15(16)18(19)23/h2-7,12-13,21H,8-11H2,1H3,(H2,19,23). The van der Waals surface area contributed by atoms with Crippen molar-refractivity contribution >= 4 is 21.4 Å². The van der Waals surface area contributed by atoms with Crippen molar-refractivity contribution in [2.75, 3.05) is 25.5 Å². The first-order valence-electron chi connectivity index (χ1n) is 8.43. The normalized spacial score (nSPS) is 16.3. The highest BCUT2D eigenvalue weighted by molar-refractivity contribution is 7.91. The van der Waals surface area contributed by atoms with Crippen LogP contribution >= 0.6 is 0 Å². The Balaban J connectivity index is 1.81. The van der Waals surface area contributed by atoms with E-state index in [4.69, 9.17) is 5.73 Å².